The Hall–Kier alpha value is -3.64. The second kappa shape index (κ2) is 12.2. The van der Waals surface area contributed by atoms with E-state index in [9.17, 15) is 15.3 Å². The number of hydrogen-bond donors (Lipinski definition) is 1. The number of nitrogens with zero attached hydrogens (tertiary/aromatic N) is 3. The van der Waals surface area contributed by atoms with Crippen molar-refractivity contribution in [3.8, 4) is 12.1 Å². The monoisotopic (exact) mass is 484 g/mol. The smallest absolute Gasteiger partial charge is 0.253 e. The third-order valence-electron chi connectivity index (χ3n) is 6.14. The Morgan fingerprint density at radius 3 is 2.29 bits per heavy atom. The zero-order valence-electron chi connectivity index (χ0n) is 20.2. The third kappa shape index (κ3) is 6.93. The van der Waals surface area contributed by atoms with Gasteiger partial charge in [0, 0.05) is 42.7 Å². The van der Waals surface area contributed by atoms with Gasteiger partial charge in [-0.3, -0.25) is 4.79 Å². The molecule has 0 heterocycles. The first-order chi connectivity index (χ1) is 16.8. The topological polar surface area (TPSA) is 79.9 Å². The van der Waals surface area contributed by atoms with Gasteiger partial charge in [-0.15, -0.1) is 0 Å². The highest BCUT2D eigenvalue weighted by atomic mass is 35.5. The van der Waals surface area contributed by atoms with Gasteiger partial charge < -0.3 is 10.2 Å². The van der Waals surface area contributed by atoms with Gasteiger partial charge in [0.2, 0.25) is 0 Å². The molecule has 0 saturated heterocycles. The van der Waals surface area contributed by atoms with E-state index in [0.717, 1.165) is 23.1 Å². The number of hydrogen-bond acceptors (Lipinski definition) is 4. The molecular formula is C29H29ClN4O. The second-order valence-electron chi connectivity index (χ2n) is 8.87. The number of benzene rings is 3. The molecule has 3 atom stereocenters. The van der Waals surface area contributed by atoms with Crippen LogP contribution in [0.5, 0.6) is 0 Å². The van der Waals surface area contributed by atoms with E-state index in [0.29, 0.717) is 16.1 Å². The molecule has 1 N–H and O–H groups in total. The number of nitriles is 2. The van der Waals surface area contributed by atoms with Crippen molar-refractivity contribution >= 4 is 17.5 Å². The fraction of sp³-hybridized carbons (Fsp3) is 0.276. The average Bonchev–Trinajstić information content (AvgIpc) is 2.87. The van der Waals surface area contributed by atoms with E-state index < -0.39 is 0 Å². The van der Waals surface area contributed by atoms with Crippen molar-refractivity contribution in [2.24, 2.45) is 0 Å². The SMILES string of the molecule is C[C@H](N[C@@H](CC#N)c1ccc(C(=O)N(C)C)cc1)C(Cc1ccc(Cl)cc1)c1cccc(C#N)c1. The summed E-state index contributed by atoms with van der Waals surface area (Å²) in [6.07, 6.45) is 1.03. The molecule has 0 spiro atoms. The van der Waals surface area contributed by atoms with Crippen LogP contribution in [0.1, 0.15) is 57.9 Å². The Kier molecular flexibility index (Phi) is 9.04. The van der Waals surface area contributed by atoms with Crippen LogP contribution in [0.2, 0.25) is 5.02 Å². The molecular weight excluding hydrogens is 456 g/mol. The number of nitrogens with one attached hydrogen (secondary N) is 1. The van der Waals surface area contributed by atoms with Crippen molar-refractivity contribution in [3.05, 3.63) is 106 Å². The standard InChI is InChI=1S/C29H29ClN4O/c1-20(33-28(15-16-31)23-9-11-24(12-10-23)29(35)34(2)3)27(18-21-7-13-26(30)14-8-21)25-6-4-5-22(17-25)19-32/h4-14,17,20,27-28,33H,15,18H2,1-3H3/t20-,27?,28-/m0/s1. The molecule has 5 nitrogen and oxygen atoms in total. The highest BCUT2D eigenvalue weighted by molar-refractivity contribution is 6.30. The first-order valence-electron chi connectivity index (χ1n) is 11.5. The van der Waals surface area contributed by atoms with Crippen molar-refractivity contribution in [2.45, 2.75) is 37.8 Å². The number of carbonyl (C=O) groups is 1. The van der Waals surface area contributed by atoms with E-state index in [-0.39, 0.29) is 30.3 Å². The highest BCUT2D eigenvalue weighted by Gasteiger charge is 2.24. The lowest BCUT2D eigenvalue weighted by molar-refractivity contribution is 0.0827. The molecule has 0 aliphatic rings. The molecule has 0 aliphatic carbocycles. The Balaban J connectivity index is 1.88. The molecule has 0 saturated carbocycles. The summed E-state index contributed by atoms with van der Waals surface area (Å²) in [6, 6.07) is 27.2. The summed E-state index contributed by atoms with van der Waals surface area (Å²) in [5, 5.41) is 23.3. The lowest BCUT2D eigenvalue weighted by atomic mass is 9.85. The Morgan fingerprint density at radius 1 is 1.00 bits per heavy atom. The number of halogens is 1. The average molecular weight is 485 g/mol. The van der Waals surface area contributed by atoms with Gasteiger partial charge in [-0.1, -0.05) is 48.0 Å². The largest absolute Gasteiger partial charge is 0.345 e. The molecule has 0 radical (unpaired) electrons. The van der Waals surface area contributed by atoms with Gasteiger partial charge >= 0.3 is 0 Å². The summed E-state index contributed by atoms with van der Waals surface area (Å²) in [6.45, 7) is 2.11. The van der Waals surface area contributed by atoms with E-state index in [1.807, 2.05) is 54.6 Å². The van der Waals surface area contributed by atoms with Gasteiger partial charge in [0.05, 0.1) is 24.1 Å². The molecule has 1 amide bonds. The molecule has 0 aliphatic heterocycles. The number of rotatable bonds is 9. The molecule has 0 bridgehead atoms. The zero-order valence-corrected chi connectivity index (χ0v) is 21.0. The van der Waals surface area contributed by atoms with Crippen LogP contribution < -0.4 is 5.32 Å². The number of amides is 1. The van der Waals surface area contributed by atoms with E-state index in [1.54, 1.807) is 37.2 Å². The van der Waals surface area contributed by atoms with Crippen molar-refractivity contribution in [1.82, 2.24) is 10.2 Å². The first-order valence-corrected chi connectivity index (χ1v) is 11.9. The van der Waals surface area contributed by atoms with Gasteiger partial charge in [-0.05, 0) is 66.4 Å². The minimum absolute atomic E-state index is 0.0129. The van der Waals surface area contributed by atoms with Gasteiger partial charge in [-0.2, -0.15) is 10.5 Å². The summed E-state index contributed by atoms with van der Waals surface area (Å²) in [4.78, 5) is 13.8. The minimum Gasteiger partial charge on any atom is -0.345 e. The maximum absolute atomic E-state index is 12.2. The summed E-state index contributed by atoms with van der Waals surface area (Å²) in [5.41, 5.74) is 4.37. The molecule has 1 unspecified atom stereocenters. The Morgan fingerprint density at radius 2 is 1.69 bits per heavy atom. The lowest BCUT2D eigenvalue weighted by Crippen LogP contribution is -2.36. The molecule has 35 heavy (non-hydrogen) atoms. The lowest BCUT2D eigenvalue weighted by Gasteiger charge is -2.30. The molecule has 3 aromatic carbocycles. The van der Waals surface area contributed by atoms with Gasteiger partial charge in [0.1, 0.15) is 0 Å². The maximum Gasteiger partial charge on any atom is 0.253 e. The van der Waals surface area contributed by atoms with Crippen LogP contribution in [0.25, 0.3) is 0 Å². The fourth-order valence-electron chi connectivity index (χ4n) is 4.21. The van der Waals surface area contributed by atoms with Gasteiger partial charge in [0.25, 0.3) is 5.91 Å². The Bertz CT molecular complexity index is 1220. The summed E-state index contributed by atoms with van der Waals surface area (Å²) < 4.78 is 0. The van der Waals surface area contributed by atoms with Crippen LogP contribution in [-0.2, 0) is 6.42 Å². The molecule has 178 valence electrons. The van der Waals surface area contributed by atoms with E-state index >= 15 is 0 Å². The van der Waals surface area contributed by atoms with Crippen LogP contribution in [-0.4, -0.2) is 30.9 Å². The molecule has 0 fully saturated rings. The maximum atomic E-state index is 12.2. The fourth-order valence-corrected chi connectivity index (χ4v) is 4.34. The van der Waals surface area contributed by atoms with Gasteiger partial charge in [0.15, 0.2) is 0 Å². The van der Waals surface area contributed by atoms with Crippen molar-refractivity contribution in [2.75, 3.05) is 14.1 Å². The van der Waals surface area contributed by atoms with Crippen molar-refractivity contribution in [3.63, 3.8) is 0 Å². The van der Waals surface area contributed by atoms with E-state index in [2.05, 4.69) is 24.4 Å². The highest BCUT2D eigenvalue weighted by Crippen LogP contribution is 2.29. The van der Waals surface area contributed by atoms with Crippen molar-refractivity contribution in [1.29, 1.82) is 10.5 Å². The predicted molar refractivity (Wildman–Crippen MR) is 139 cm³/mol. The molecule has 6 heteroatoms. The minimum atomic E-state index is -0.203. The molecule has 3 rings (SSSR count). The Labute approximate surface area is 212 Å². The number of carbonyl (C=O) groups excluding carboxylic acids is 1. The van der Waals surface area contributed by atoms with Crippen LogP contribution in [0.3, 0.4) is 0 Å². The predicted octanol–water partition coefficient (Wildman–Crippen LogP) is 5.87. The summed E-state index contributed by atoms with van der Waals surface area (Å²) in [5.74, 6) is -0.00428. The van der Waals surface area contributed by atoms with Crippen LogP contribution in [0.15, 0.2) is 72.8 Å². The zero-order chi connectivity index (χ0) is 25.4. The molecule has 0 aromatic heterocycles. The van der Waals surface area contributed by atoms with E-state index in [4.69, 9.17) is 11.6 Å². The summed E-state index contributed by atoms with van der Waals surface area (Å²) in [7, 11) is 3.44. The third-order valence-corrected chi connectivity index (χ3v) is 6.39. The normalized spacial score (nSPS) is 13.2. The van der Waals surface area contributed by atoms with Gasteiger partial charge in [-0.25, -0.2) is 0 Å². The van der Waals surface area contributed by atoms with Crippen molar-refractivity contribution < 1.29 is 4.79 Å². The van der Waals surface area contributed by atoms with Crippen LogP contribution in [0.4, 0.5) is 0 Å². The quantitative estimate of drug-likeness (QED) is 0.411. The van der Waals surface area contributed by atoms with Crippen LogP contribution in [0, 0.1) is 22.7 Å². The van der Waals surface area contributed by atoms with E-state index in [1.165, 1.54) is 0 Å². The summed E-state index contributed by atoms with van der Waals surface area (Å²) >= 11 is 6.08. The van der Waals surface area contributed by atoms with Crippen LogP contribution >= 0.6 is 11.6 Å². The second-order valence-corrected chi connectivity index (χ2v) is 9.30. The molecule has 3 aromatic rings. The first kappa shape index (κ1) is 26.0.